The highest BCUT2D eigenvalue weighted by Crippen LogP contribution is 2.22. The van der Waals surface area contributed by atoms with E-state index in [0.29, 0.717) is 38.1 Å². The first-order valence-electron chi connectivity index (χ1n) is 11.7. The van der Waals surface area contributed by atoms with Gasteiger partial charge in [0.15, 0.2) is 5.96 Å². The molecule has 1 saturated carbocycles. The molecule has 7 nitrogen and oxygen atoms in total. The predicted molar refractivity (Wildman–Crippen MR) is 123 cm³/mol. The second-order valence-electron chi connectivity index (χ2n) is 8.56. The lowest BCUT2D eigenvalue weighted by molar-refractivity contribution is -0.121. The van der Waals surface area contributed by atoms with Crippen molar-refractivity contribution < 1.29 is 14.3 Å². The third kappa shape index (κ3) is 8.05. The monoisotopic (exact) mass is 430 g/mol. The first kappa shape index (κ1) is 23.4. The van der Waals surface area contributed by atoms with Crippen LogP contribution in [0.4, 0.5) is 0 Å². The molecule has 172 valence electrons. The molecule has 2 aliphatic rings. The molecule has 1 heterocycles. The molecule has 2 fully saturated rings. The van der Waals surface area contributed by atoms with E-state index in [1.165, 1.54) is 19.3 Å². The highest BCUT2D eigenvalue weighted by Gasteiger charge is 2.17. The summed E-state index contributed by atoms with van der Waals surface area (Å²) >= 11 is 0. The number of ether oxygens (including phenoxy) is 2. The van der Waals surface area contributed by atoms with Gasteiger partial charge in [-0.25, -0.2) is 0 Å². The highest BCUT2D eigenvalue weighted by atomic mass is 16.5. The minimum absolute atomic E-state index is 0.109. The van der Waals surface area contributed by atoms with Gasteiger partial charge in [0, 0.05) is 44.8 Å². The number of nitrogens with zero attached hydrogens (tertiary/aromatic N) is 1. The van der Waals surface area contributed by atoms with Crippen molar-refractivity contribution in [2.45, 2.75) is 77.0 Å². The average molecular weight is 431 g/mol. The van der Waals surface area contributed by atoms with Crippen molar-refractivity contribution in [1.29, 1.82) is 0 Å². The van der Waals surface area contributed by atoms with Crippen LogP contribution >= 0.6 is 0 Å². The molecule has 1 aliphatic heterocycles. The van der Waals surface area contributed by atoms with Crippen molar-refractivity contribution in [3.63, 3.8) is 0 Å². The molecule has 3 N–H and O–H groups in total. The number of hydrogen-bond acceptors (Lipinski definition) is 4. The van der Waals surface area contributed by atoms with Gasteiger partial charge in [0.05, 0.1) is 6.10 Å². The Balaban J connectivity index is 1.41. The van der Waals surface area contributed by atoms with Crippen molar-refractivity contribution in [1.82, 2.24) is 16.0 Å². The topological polar surface area (TPSA) is 84.0 Å². The van der Waals surface area contributed by atoms with Gasteiger partial charge in [-0.3, -0.25) is 9.79 Å². The van der Waals surface area contributed by atoms with Gasteiger partial charge in [-0.1, -0.05) is 31.4 Å². The lowest BCUT2D eigenvalue weighted by Crippen LogP contribution is -2.41. The molecule has 1 amide bonds. The molecule has 3 rings (SSSR count). The Morgan fingerprint density at radius 2 is 2.00 bits per heavy atom. The Kier molecular flexibility index (Phi) is 9.46. The van der Waals surface area contributed by atoms with Crippen molar-refractivity contribution >= 4 is 11.9 Å². The lowest BCUT2D eigenvalue weighted by atomic mass is 9.95. The van der Waals surface area contributed by atoms with E-state index >= 15 is 0 Å². The fourth-order valence-electron chi connectivity index (χ4n) is 4.14. The average Bonchev–Trinajstić information content (AvgIpc) is 3.30. The van der Waals surface area contributed by atoms with E-state index in [9.17, 15) is 4.79 Å². The van der Waals surface area contributed by atoms with Crippen LogP contribution in [-0.4, -0.2) is 50.8 Å². The van der Waals surface area contributed by atoms with E-state index < -0.39 is 0 Å². The summed E-state index contributed by atoms with van der Waals surface area (Å²) in [7, 11) is 1.74. The Bertz CT molecular complexity index is 726. The number of guanidine groups is 1. The van der Waals surface area contributed by atoms with Crippen molar-refractivity contribution in [2.24, 2.45) is 4.99 Å². The fourth-order valence-corrected chi connectivity index (χ4v) is 4.14. The third-order valence-corrected chi connectivity index (χ3v) is 5.96. The third-order valence-electron chi connectivity index (χ3n) is 5.96. The van der Waals surface area contributed by atoms with Gasteiger partial charge in [-0.05, 0) is 44.2 Å². The van der Waals surface area contributed by atoms with Crippen LogP contribution in [0.15, 0.2) is 23.2 Å². The van der Waals surface area contributed by atoms with E-state index in [2.05, 4.69) is 46.1 Å². The first-order chi connectivity index (χ1) is 15.1. The van der Waals surface area contributed by atoms with E-state index in [4.69, 9.17) is 9.47 Å². The molecule has 7 heteroatoms. The summed E-state index contributed by atoms with van der Waals surface area (Å²) in [5, 5.41) is 9.71. The van der Waals surface area contributed by atoms with Crippen LogP contribution in [0.3, 0.4) is 0 Å². The zero-order valence-corrected chi connectivity index (χ0v) is 19.0. The van der Waals surface area contributed by atoms with Crippen molar-refractivity contribution in [3.8, 4) is 5.75 Å². The molecule has 1 aliphatic carbocycles. The van der Waals surface area contributed by atoms with Crippen LogP contribution in [0.5, 0.6) is 5.75 Å². The molecule has 1 aromatic carbocycles. The maximum Gasteiger partial charge on any atom is 0.221 e. The predicted octanol–water partition coefficient (Wildman–Crippen LogP) is 3.06. The van der Waals surface area contributed by atoms with Gasteiger partial charge in [-0.2, -0.15) is 0 Å². The minimum Gasteiger partial charge on any atom is -0.491 e. The second-order valence-corrected chi connectivity index (χ2v) is 8.56. The Morgan fingerprint density at radius 1 is 1.16 bits per heavy atom. The van der Waals surface area contributed by atoms with Gasteiger partial charge in [-0.15, -0.1) is 0 Å². The molecule has 1 aromatic rings. The van der Waals surface area contributed by atoms with Crippen LogP contribution in [0.25, 0.3) is 0 Å². The molecule has 1 atom stereocenters. The Labute approximate surface area is 186 Å². The largest absolute Gasteiger partial charge is 0.491 e. The molecule has 1 saturated heterocycles. The van der Waals surface area contributed by atoms with Crippen LogP contribution in [0.2, 0.25) is 0 Å². The van der Waals surface area contributed by atoms with Crippen molar-refractivity contribution in [2.75, 3.05) is 26.8 Å². The quantitative estimate of drug-likeness (QED) is 0.414. The maximum atomic E-state index is 12.2. The smallest absolute Gasteiger partial charge is 0.221 e. The number of carbonyl (C=O) groups is 1. The number of benzene rings is 1. The standard InChI is InChI=1S/C24H38N4O3/c1-18-10-11-19(22(15-18)31-17-21-9-6-14-30-21)16-27-24(25-2)26-13-12-23(29)28-20-7-4-3-5-8-20/h10-11,15,20-21H,3-9,12-14,16-17H2,1-2H3,(H,28,29)(H2,25,26,27). The van der Waals surface area contributed by atoms with Gasteiger partial charge in [0.2, 0.25) is 5.91 Å². The van der Waals surface area contributed by atoms with E-state index in [-0.39, 0.29) is 12.0 Å². The summed E-state index contributed by atoms with van der Waals surface area (Å²) in [6, 6.07) is 6.59. The Morgan fingerprint density at radius 3 is 2.74 bits per heavy atom. The minimum atomic E-state index is 0.109. The maximum absolute atomic E-state index is 12.2. The summed E-state index contributed by atoms with van der Waals surface area (Å²) in [4.78, 5) is 16.5. The molecule has 1 unspecified atom stereocenters. The van der Waals surface area contributed by atoms with Crippen LogP contribution < -0.4 is 20.7 Å². The molecule has 0 bridgehead atoms. The molecule has 0 radical (unpaired) electrons. The van der Waals surface area contributed by atoms with Crippen LogP contribution in [0.1, 0.15) is 62.5 Å². The number of aliphatic imine (C=N–C) groups is 1. The zero-order valence-electron chi connectivity index (χ0n) is 19.0. The number of carbonyl (C=O) groups excluding carboxylic acids is 1. The van der Waals surface area contributed by atoms with Gasteiger partial charge in [0.25, 0.3) is 0 Å². The Hall–Kier alpha value is -2.28. The highest BCUT2D eigenvalue weighted by molar-refractivity contribution is 5.81. The van der Waals surface area contributed by atoms with Gasteiger partial charge in [0.1, 0.15) is 12.4 Å². The summed E-state index contributed by atoms with van der Waals surface area (Å²) < 4.78 is 11.7. The van der Waals surface area contributed by atoms with Gasteiger partial charge >= 0.3 is 0 Å². The van der Waals surface area contributed by atoms with Crippen LogP contribution in [-0.2, 0) is 16.1 Å². The molecule has 31 heavy (non-hydrogen) atoms. The van der Waals surface area contributed by atoms with E-state index in [0.717, 1.165) is 49.2 Å². The summed E-state index contributed by atoms with van der Waals surface area (Å²) in [5.74, 6) is 1.67. The van der Waals surface area contributed by atoms with Gasteiger partial charge < -0.3 is 25.4 Å². The molecular formula is C24H38N4O3. The SMILES string of the molecule is CN=C(NCCC(=O)NC1CCCCC1)NCc1ccc(C)cc1OCC1CCCO1. The fraction of sp³-hybridized carbons (Fsp3) is 0.667. The van der Waals surface area contributed by atoms with Crippen molar-refractivity contribution in [3.05, 3.63) is 29.3 Å². The first-order valence-corrected chi connectivity index (χ1v) is 11.7. The second kappa shape index (κ2) is 12.5. The van der Waals surface area contributed by atoms with Crippen LogP contribution in [0, 0.1) is 6.92 Å². The van der Waals surface area contributed by atoms with E-state index in [1.807, 2.05) is 0 Å². The summed E-state index contributed by atoms with van der Waals surface area (Å²) in [5.41, 5.74) is 2.24. The zero-order chi connectivity index (χ0) is 21.9. The number of hydrogen-bond donors (Lipinski definition) is 3. The lowest BCUT2D eigenvalue weighted by Gasteiger charge is -2.22. The number of amides is 1. The molecule has 0 aromatic heterocycles. The molecule has 0 spiro atoms. The summed E-state index contributed by atoms with van der Waals surface area (Å²) in [6.45, 7) is 4.62. The molecular weight excluding hydrogens is 392 g/mol. The number of rotatable bonds is 9. The number of aryl methyl sites for hydroxylation is 1. The summed E-state index contributed by atoms with van der Waals surface area (Å²) in [6.07, 6.45) is 8.75. The number of nitrogens with one attached hydrogen (secondary N) is 3. The normalized spacial score (nSPS) is 19.8. The van der Waals surface area contributed by atoms with E-state index in [1.54, 1.807) is 7.05 Å².